The zero-order valence-corrected chi connectivity index (χ0v) is 14.4. The van der Waals surface area contributed by atoms with Crippen LogP contribution in [-0.4, -0.2) is 32.9 Å². The van der Waals surface area contributed by atoms with Gasteiger partial charge >= 0.3 is 11.9 Å². The maximum Gasteiger partial charge on any atom is 0.342 e. The number of nitrogens with two attached hydrogens (primary N) is 1. The number of aromatic carboxylic acids is 2. The van der Waals surface area contributed by atoms with Crippen LogP contribution in [0.1, 0.15) is 40.5 Å². The second kappa shape index (κ2) is 7.89. The van der Waals surface area contributed by atoms with Crippen molar-refractivity contribution in [3.63, 3.8) is 0 Å². The van der Waals surface area contributed by atoms with Gasteiger partial charge in [0.25, 0.3) is 5.56 Å². The summed E-state index contributed by atoms with van der Waals surface area (Å²) in [6.07, 6.45) is 1.95. The van der Waals surface area contributed by atoms with E-state index < -0.39 is 28.6 Å². The Morgan fingerprint density at radius 3 is 2.40 bits per heavy atom. The average molecular weight is 362 g/mol. The number of unbranched alkanes of at least 4 members (excludes halogenated alkanes) is 1. The molecule has 0 spiro atoms. The Hall–Kier alpha value is -2.74. The monoisotopic (exact) mass is 362 g/mol. The smallest absolute Gasteiger partial charge is 0.342 e. The van der Waals surface area contributed by atoms with E-state index in [-0.39, 0.29) is 11.4 Å². The van der Waals surface area contributed by atoms with E-state index in [0.717, 1.165) is 18.6 Å². The fourth-order valence-corrected chi connectivity index (χ4v) is 3.59. The number of hydrogen-bond acceptors (Lipinski definition) is 5. The van der Waals surface area contributed by atoms with Gasteiger partial charge in [-0.15, -0.1) is 11.8 Å². The van der Waals surface area contributed by atoms with Crippen LogP contribution in [0, 0.1) is 0 Å². The molecule has 0 atom stereocenters. The average Bonchev–Trinajstić information content (AvgIpc) is 2.54. The van der Waals surface area contributed by atoms with Gasteiger partial charge in [-0.2, -0.15) is 0 Å². The van der Waals surface area contributed by atoms with E-state index in [1.54, 1.807) is 24.3 Å². The van der Waals surface area contributed by atoms with Crippen molar-refractivity contribution in [1.29, 1.82) is 0 Å². The lowest BCUT2D eigenvalue weighted by Crippen LogP contribution is -2.24. The first-order valence-corrected chi connectivity index (χ1v) is 8.61. The molecule has 2 aromatic rings. The fourth-order valence-electron chi connectivity index (χ4n) is 2.44. The third-order valence-electron chi connectivity index (χ3n) is 3.58. The number of benzene rings is 1. The first-order chi connectivity index (χ1) is 11.9. The zero-order valence-electron chi connectivity index (χ0n) is 13.5. The second-order valence-electron chi connectivity index (χ2n) is 5.30. The number of aromatic amines is 1. The topological polar surface area (TPSA) is 133 Å². The summed E-state index contributed by atoms with van der Waals surface area (Å²) in [6.45, 7) is 2.05. The van der Waals surface area contributed by atoms with Crippen molar-refractivity contribution in [2.24, 2.45) is 0 Å². The Morgan fingerprint density at radius 1 is 1.16 bits per heavy atom. The number of rotatable bonds is 7. The minimum Gasteiger partial charge on any atom is -0.478 e. The van der Waals surface area contributed by atoms with E-state index in [2.05, 4.69) is 11.9 Å². The molecule has 8 heteroatoms. The van der Waals surface area contributed by atoms with Crippen LogP contribution in [-0.2, 0) is 0 Å². The van der Waals surface area contributed by atoms with Gasteiger partial charge in [0.2, 0.25) is 0 Å². The fraction of sp³-hybridized carbons (Fsp3) is 0.235. The molecule has 0 saturated heterocycles. The molecule has 132 valence electrons. The highest BCUT2D eigenvalue weighted by molar-refractivity contribution is 7.99. The summed E-state index contributed by atoms with van der Waals surface area (Å²) in [5.41, 5.74) is 3.89. The van der Waals surface area contributed by atoms with Crippen LogP contribution in [0.5, 0.6) is 0 Å². The van der Waals surface area contributed by atoms with Crippen LogP contribution in [0.25, 0.3) is 11.1 Å². The van der Waals surface area contributed by atoms with Gasteiger partial charge in [-0.25, -0.2) is 9.59 Å². The van der Waals surface area contributed by atoms with Crippen molar-refractivity contribution in [3.05, 3.63) is 45.7 Å². The molecule has 0 unspecified atom stereocenters. The molecule has 0 aliphatic rings. The maximum atomic E-state index is 12.1. The van der Waals surface area contributed by atoms with Crippen LogP contribution in [0.3, 0.4) is 0 Å². The van der Waals surface area contributed by atoms with Crippen molar-refractivity contribution >= 4 is 29.5 Å². The van der Waals surface area contributed by atoms with Crippen molar-refractivity contribution in [2.45, 2.75) is 24.7 Å². The highest BCUT2D eigenvalue weighted by atomic mass is 32.2. The largest absolute Gasteiger partial charge is 0.478 e. The molecular weight excluding hydrogens is 344 g/mol. The van der Waals surface area contributed by atoms with Crippen LogP contribution in [0.2, 0.25) is 0 Å². The predicted octanol–water partition coefficient (Wildman–Crippen LogP) is 2.91. The van der Waals surface area contributed by atoms with Gasteiger partial charge in [0.15, 0.2) is 0 Å². The molecule has 0 amide bonds. The van der Waals surface area contributed by atoms with E-state index in [1.165, 1.54) is 11.8 Å². The number of carboxylic acid groups (broad SMARTS) is 2. The number of H-pyrrole nitrogens is 1. The first kappa shape index (κ1) is 18.6. The van der Waals surface area contributed by atoms with Crippen molar-refractivity contribution in [2.75, 3.05) is 11.5 Å². The van der Waals surface area contributed by atoms with E-state index in [1.807, 2.05) is 0 Å². The summed E-state index contributed by atoms with van der Waals surface area (Å²) in [5, 5.41) is 19.0. The van der Waals surface area contributed by atoms with Crippen LogP contribution < -0.4 is 11.3 Å². The second-order valence-corrected chi connectivity index (χ2v) is 6.44. The molecule has 0 radical (unpaired) electrons. The number of aromatic nitrogens is 1. The van der Waals surface area contributed by atoms with E-state index in [0.29, 0.717) is 10.5 Å². The summed E-state index contributed by atoms with van der Waals surface area (Å²) in [4.78, 5) is 38.2. The minimum absolute atomic E-state index is 0.166. The van der Waals surface area contributed by atoms with Gasteiger partial charge in [0.1, 0.15) is 16.9 Å². The Bertz CT molecular complexity index is 876. The lowest BCUT2D eigenvalue weighted by Gasteiger charge is -2.15. The summed E-state index contributed by atoms with van der Waals surface area (Å²) in [7, 11) is 0. The lowest BCUT2D eigenvalue weighted by atomic mass is 9.95. The lowest BCUT2D eigenvalue weighted by molar-refractivity contribution is 0.0695. The van der Waals surface area contributed by atoms with Gasteiger partial charge in [-0.3, -0.25) is 4.79 Å². The van der Waals surface area contributed by atoms with Gasteiger partial charge in [0, 0.05) is 10.5 Å². The summed E-state index contributed by atoms with van der Waals surface area (Å²) in [5.74, 6) is -2.49. The Balaban J connectivity index is 2.80. The number of thioether (sulfide) groups is 1. The number of hydrogen-bond donors (Lipinski definition) is 4. The van der Waals surface area contributed by atoms with Crippen LogP contribution in [0.4, 0.5) is 5.82 Å². The summed E-state index contributed by atoms with van der Waals surface area (Å²) < 4.78 is 0. The molecule has 0 aliphatic carbocycles. The number of nitrogen functional groups attached to an aromatic ring is 1. The number of anilines is 1. The quantitative estimate of drug-likeness (QED) is 0.439. The zero-order chi connectivity index (χ0) is 18.6. The van der Waals surface area contributed by atoms with Crippen LogP contribution in [0.15, 0.2) is 34.0 Å². The molecule has 7 nitrogen and oxygen atoms in total. The number of carbonyl (C=O) groups is 2. The summed E-state index contributed by atoms with van der Waals surface area (Å²) in [6, 6.07) is 6.80. The van der Waals surface area contributed by atoms with E-state index in [4.69, 9.17) is 5.73 Å². The van der Waals surface area contributed by atoms with Crippen LogP contribution >= 0.6 is 11.8 Å². The molecule has 25 heavy (non-hydrogen) atoms. The van der Waals surface area contributed by atoms with Gasteiger partial charge in [-0.05, 0) is 23.8 Å². The third kappa shape index (κ3) is 3.85. The van der Waals surface area contributed by atoms with E-state index >= 15 is 0 Å². The Morgan fingerprint density at radius 2 is 1.80 bits per heavy atom. The molecular formula is C17H18N2O5S. The summed E-state index contributed by atoms with van der Waals surface area (Å²) >= 11 is 1.48. The SMILES string of the molecule is CCCCSc1ccccc1-c1c(C(=O)O)c(N)[nH]c(=O)c1C(=O)O. The normalized spacial score (nSPS) is 10.6. The molecule has 0 bridgehead atoms. The molecule has 1 heterocycles. The molecule has 5 N–H and O–H groups in total. The predicted molar refractivity (Wildman–Crippen MR) is 96.5 cm³/mol. The maximum absolute atomic E-state index is 12.1. The number of pyridine rings is 1. The Labute approximate surface area is 147 Å². The number of nitrogens with one attached hydrogen (secondary N) is 1. The molecule has 1 aromatic heterocycles. The van der Waals surface area contributed by atoms with Gasteiger partial charge in [0.05, 0.1) is 0 Å². The third-order valence-corrected chi connectivity index (χ3v) is 4.74. The van der Waals surface area contributed by atoms with Gasteiger partial charge in [-0.1, -0.05) is 31.5 Å². The molecule has 2 rings (SSSR count). The standard InChI is InChI=1S/C17H18N2O5S/c1-2-3-8-25-10-7-5-4-6-9(10)11-12(16(21)22)14(18)19-15(20)13(11)17(23)24/h4-7H,2-3,8H2,1H3,(H,21,22)(H,23,24)(H3,18,19,20). The molecule has 0 fully saturated rings. The molecule has 0 saturated carbocycles. The molecule has 0 aliphatic heterocycles. The molecule has 1 aromatic carbocycles. The van der Waals surface area contributed by atoms with Crippen molar-refractivity contribution in [3.8, 4) is 11.1 Å². The van der Waals surface area contributed by atoms with Crippen molar-refractivity contribution < 1.29 is 19.8 Å². The Kier molecular flexibility index (Phi) is 5.87. The minimum atomic E-state index is -1.51. The van der Waals surface area contributed by atoms with Crippen molar-refractivity contribution in [1.82, 2.24) is 4.98 Å². The number of carboxylic acids is 2. The highest BCUT2D eigenvalue weighted by Gasteiger charge is 2.27. The van der Waals surface area contributed by atoms with E-state index in [9.17, 15) is 24.6 Å². The first-order valence-electron chi connectivity index (χ1n) is 7.63. The highest BCUT2D eigenvalue weighted by Crippen LogP contribution is 2.36. The van der Waals surface area contributed by atoms with Gasteiger partial charge < -0.3 is 20.9 Å².